The molecule has 0 spiro atoms. The Morgan fingerprint density at radius 3 is 2.50 bits per heavy atom. The van der Waals surface area contributed by atoms with E-state index in [2.05, 4.69) is 26.2 Å². The highest BCUT2D eigenvalue weighted by atomic mass is 79.9. The minimum absolute atomic E-state index is 0.185. The first-order chi connectivity index (χ1) is 12.4. The summed E-state index contributed by atoms with van der Waals surface area (Å²) in [6, 6.07) is 3.76. The minimum atomic E-state index is -0.255. The lowest BCUT2D eigenvalue weighted by atomic mass is 10.1. The molecule has 1 N–H and O–H groups in total. The Hall–Kier alpha value is -1.41. The summed E-state index contributed by atoms with van der Waals surface area (Å²) in [5, 5.41) is 3.38. The van der Waals surface area contributed by atoms with Gasteiger partial charge in [-0.3, -0.25) is 4.79 Å². The van der Waals surface area contributed by atoms with E-state index in [1.54, 1.807) is 18.8 Å². The summed E-state index contributed by atoms with van der Waals surface area (Å²) in [5.41, 5.74) is 2.58. The number of methoxy groups -OCH3 is 2. The van der Waals surface area contributed by atoms with Crippen LogP contribution in [0.4, 0.5) is 11.5 Å². The number of aryl methyl sites for hydroxylation is 2. The van der Waals surface area contributed by atoms with Crippen LogP contribution < -0.4 is 10.9 Å². The standard InChI is InChI=1S/C18H23BrClN3O3/c1-11-7-13(19)8-12(2)16(11)22-17-18(24)23(9-15(20)21-17)14(10-26-4)5-6-25-3/h7-9,14H,5-6,10H2,1-4H3,(H,21,22). The molecule has 1 unspecified atom stereocenters. The Kier molecular flexibility index (Phi) is 7.64. The van der Waals surface area contributed by atoms with Gasteiger partial charge in [-0.05, 0) is 43.5 Å². The molecule has 2 aromatic rings. The maximum absolute atomic E-state index is 13.0. The zero-order chi connectivity index (χ0) is 19.3. The van der Waals surface area contributed by atoms with E-state index in [1.165, 1.54) is 6.20 Å². The van der Waals surface area contributed by atoms with Gasteiger partial charge in [0.25, 0.3) is 5.56 Å². The number of halogens is 2. The maximum atomic E-state index is 13.0. The lowest BCUT2D eigenvalue weighted by Crippen LogP contribution is -2.30. The highest BCUT2D eigenvalue weighted by molar-refractivity contribution is 9.10. The fourth-order valence-corrected chi connectivity index (χ4v) is 3.68. The summed E-state index contributed by atoms with van der Waals surface area (Å²) in [6.07, 6.45) is 2.16. The zero-order valence-corrected chi connectivity index (χ0v) is 17.6. The molecule has 8 heteroatoms. The van der Waals surface area contributed by atoms with Crippen LogP contribution in [0.2, 0.25) is 5.15 Å². The lowest BCUT2D eigenvalue weighted by molar-refractivity contribution is 0.119. The van der Waals surface area contributed by atoms with Crippen LogP contribution in [0, 0.1) is 13.8 Å². The van der Waals surface area contributed by atoms with Crippen LogP contribution in [-0.4, -0.2) is 37.0 Å². The number of aromatic nitrogens is 2. The molecule has 1 aromatic carbocycles. The summed E-state index contributed by atoms with van der Waals surface area (Å²) >= 11 is 9.66. The number of rotatable bonds is 8. The predicted octanol–water partition coefficient (Wildman–Crippen LogP) is 4.24. The third-order valence-electron chi connectivity index (χ3n) is 4.05. The van der Waals surface area contributed by atoms with E-state index in [4.69, 9.17) is 21.1 Å². The topological polar surface area (TPSA) is 65.4 Å². The summed E-state index contributed by atoms with van der Waals surface area (Å²) in [6.45, 7) is 4.82. The lowest BCUT2D eigenvalue weighted by Gasteiger charge is -2.20. The number of hydrogen-bond donors (Lipinski definition) is 1. The van der Waals surface area contributed by atoms with Crippen molar-refractivity contribution >= 4 is 39.0 Å². The van der Waals surface area contributed by atoms with Crippen LogP contribution in [0.15, 0.2) is 27.6 Å². The average molecular weight is 445 g/mol. The molecule has 1 heterocycles. The SMILES string of the molecule is COCCC(COC)n1cc(Cl)nc(Nc2c(C)cc(Br)cc2C)c1=O. The van der Waals surface area contributed by atoms with E-state index >= 15 is 0 Å². The van der Waals surface area contributed by atoms with Crippen molar-refractivity contribution in [2.45, 2.75) is 26.3 Å². The molecular weight excluding hydrogens is 422 g/mol. The van der Waals surface area contributed by atoms with E-state index in [9.17, 15) is 4.79 Å². The van der Waals surface area contributed by atoms with E-state index in [1.807, 2.05) is 26.0 Å². The van der Waals surface area contributed by atoms with Gasteiger partial charge < -0.3 is 19.4 Å². The molecule has 2 rings (SSSR count). The molecular formula is C18H23BrClN3O3. The zero-order valence-electron chi connectivity index (χ0n) is 15.3. The second kappa shape index (κ2) is 9.50. The monoisotopic (exact) mass is 443 g/mol. The largest absolute Gasteiger partial charge is 0.385 e. The molecule has 0 bridgehead atoms. The van der Waals surface area contributed by atoms with Crippen molar-refractivity contribution in [1.29, 1.82) is 0 Å². The van der Waals surface area contributed by atoms with Gasteiger partial charge in [-0.2, -0.15) is 0 Å². The fourth-order valence-electron chi connectivity index (χ4n) is 2.81. The van der Waals surface area contributed by atoms with Gasteiger partial charge in [0.1, 0.15) is 5.15 Å². The van der Waals surface area contributed by atoms with Gasteiger partial charge in [-0.15, -0.1) is 0 Å². The first-order valence-electron chi connectivity index (χ1n) is 8.17. The molecule has 1 atom stereocenters. The molecule has 0 saturated carbocycles. The molecule has 0 aliphatic rings. The molecule has 26 heavy (non-hydrogen) atoms. The van der Waals surface area contributed by atoms with E-state index in [0.29, 0.717) is 19.6 Å². The Labute approximate surface area is 166 Å². The number of anilines is 2. The van der Waals surface area contributed by atoms with Crippen LogP contribution in [-0.2, 0) is 9.47 Å². The summed E-state index contributed by atoms with van der Waals surface area (Å²) in [4.78, 5) is 17.2. The van der Waals surface area contributed by atoms with Crippen LogP contribution in [0.3, 0.4) is 0 Å². The smallest absolute Gasteiger partial charge is 0.294 e. The van der Waals surface area contributed by atoms with Crippen molar-refractivity contribution in [1.82, 2.24) is 9.55 Å². The number of nitrogens with one attached hydrogen (secondary N) is 1. The van der Waals surface area contributed by atoms with Gasteiger partial charge in [0.05, 0.1) is 12.6 Å². The number of nitrogens with zero attached hydrogens (tertiary/aromatic N) is 2. The van der Waals surface area contributed by atoms with Gasteiger partial charge in [0.2, 0.25) is 0 Å². The van der Waals surface area contributed by atoms with Crippen LogP contribution in [0.25, 0.3) is 0 Å². The number of hydrogen-bond acceptors (Lipinski definition) is 5. The molecule has 0 radical (unpaired) electrons. The Morgan fingerprint density at radius 2 is 1.92 bits per heavy atom. The van der Waals surface area contributed by atoms with Gasteiger partial charge in [0, 0.05) is 37.2 Å². The van der Waals surface area contributed by atoms with E-state index in [0.717, 1.165) is 21.3 Å². The first kappa shape index (κ1) is 20.9. The number of benzene rings is 1. The maximum Gasteiger partial charge on any atom is 0.294 e. The summed E-state index contributed by atoms with van der Waals surface area (Å²) < 4.78 is 12.9. The van der Waals surface area contributed by atoms with Crippen LogP contribution >= 0.6 is 27.5 Å². The van der Waals surface area contributed by atoms with Crippen LogP contribution in [0.1, 0.15) is 23.6 Å². The van der Waals surface area contributed by atoms with E-state index < -0.39 is 0 Å². The highest BCUT2D eigenvalue weighted by Gasteiger charge is 2.17. The third kappa shape index (κ3) is 5.07. The normalized spacial score (nSPS) is 12.2. The molecule has 0 amide bonds. The summed E-state index contributed by atoms with van der Waals surface area (Å²) in [5.74, 6) is 0.185. The summed E-state index contributed by atoms with van der Waals surface area (Å²) in [7, 11) is 3.22. The molecule has 0 aliphatic heterocycles. The van der Waals surface area contributed by atoms with Crippen molar-refractivity contribution in [2.24, 2.45) is 0 Å². The van der Waals surface area contributed by atoms with Crippen molar-refractivity contribution < 1.29 is 9.47 Å². The quantitative estimate of drug-likeness (QED) is 0.659. The molecule has 0 aliphatic carbocycles. The Bertz CT molecular complexity index is 803. The van der Waals surface area contributed by atoms with Gasteiger partial charge in [-0.25, -0.2) is 4.98 Å². The Balaban J connectivity index is 2.45. The number of ether oxygens (including phenoxy) is 2. The van der Waals surface area contributed by atoms with Gasteiger partial charge in [0.15, 0.2) is 5.82 Å². The average Bonchev–Trinajstić information content (AvgIpc) is 2.57. The van der Waals surface area contributed by atoms with Gasteiger partial charge in [-0.1, -0.05) is 27.5 Å². The second-order valence-corrected chi connectivity index (χ2v) is 7.36. The predicted molar refractivity (Wildman–Crippen MR) is 108 cm³/mol. The third-order valence-corrected chi connectivity index (χ3v) is 4.69. The fraction of sp³-hybridized carbons (Fsp3) is 0.444. The van der Waals surface area contributed by atoms with Crippen LogP contribution in [0.5, 0.6) is 0 Å². The van der Waals surface area contributed by atoms with Crippen molar-refractivity contribution in [3.8, 4) is 0 Å². The Morgan fingerprint density at radius 1 is 1.27 bits per heavy atom. The van der Waals surface area contributed by atoms with Crippen molar-refractivity contribution in [2.75, 3.05) is 32.8 Å². The molecule has 0 saturated heterocycles. The van der Waals surface area contributed by atoms with Crippen molar-refractivity contribution in [3.05, 3.63) is 49.4 Å². The first-order valence-corrected chi connectivity index (χ1v) is 9.34. The highest BCUT2D eigenvalue weighted by Crippen LogP contribution is 2.27. The van der Waals surface area contributed by atoms with Gasteiger partial charge >= 0.3 is 0 Å². The molecule has 0 fully saturated rings. The van der Waals surface area contributed by atoms with Crippen molar-refractivity contribution in [3.63, 3.8) is 0 Å². The minimum Gasteiger partial charge on any atom is -0.385 e. The second-order valence-electron chi connectivity index (χ2n) is 6.05. The molecule has 6 nitrogen and oxygen atoms in total. The van der Waals surface area contributed by atoms with E-state index in [-0.39, 0.29) is 22.6 Å². The molecule has 1 aromatic heterocycles. The molecule has 142 valence electrons.